The van der Waals surface area contributed by atoms with Gasteiger partial charge >= 0.3 is 5.97 Å². The first kappa shape index (κ1) is 15.4. The highest BCUT2D eigenvalue weighted by atomic mass is 19.1. The number of amides is 1. The highest BCUT2D eigenvalue weighted by Crippen LogP contribution is 2.16. The second-order valence-corrected chi connectivity index (χ2v) is 4.68. The molecule has 0 aromatic heterocycles. The molecule has 0 fully saturated rings. The third kappa shape index (κ3) is 3.79. The molecular formula is C17H14FNO3. The molecule has 2 aromatic carbocycles. The lowest BCUT2D eigenvalue weighted by atomic mass is 10.1. The number of nitrogens with one attached hydrogen (secondary N) is 1. The molecule has 5 heteroatoms. The van der Waals surface area contributed by atoms with Gasteiger partial charge in [-0.15, -0.1) is 0 Å². The summed E-state index contributed by atoms with van der Waals surface area (Å²) in [5, 5.41) is 11.6. The zero-order valence-corrected chi connectivity index (χ0v) is 11.8. The average Bonchev–Trinajstić information content (AvgIpc) is 2.49. The molecule has 2 rings (SSSR count). The van der Waals surface area contributed by atoms with Crippen LogP contribution >= 0.6 is 0 Å². The van der Waals surface area contributed by atoms with Crippen LogP contribution in [0.3, 0.4) is 0 Å². The maximum Gasteiger partial charge on any atom is 0.337 e. The fourth-order valence-electron chi connectivity index (χ4n) is 1.87. The van der Waals surface area contributed by atoms with Crippen LogP contribution < -0.4 is 5.32 Å². The van der Waals surface area contributed by atoms with Crippen LogP contribution in [0.2, 0.25) is 0 Å². The smallest absolute Gasteiger partial charge is 0.337 e. The summed E-state index contributed by atoms with van der Waals surface area (Å²) in [5.74, 6) is -1.89. The fourth-order valence-corrected chi connectivity index (χ4v) is 1.87. The lowest BCUT2D eigenvalue weighted by Gasteiger charge is -2.08. The molecule has 0 unspecified atom stereocenters. The van der Waals surface area contributed by atoms with Crippen LogP contribution in [0.15, 0.2) is 54.1 Å². The number of carbonyl (C=O) groups is 2. The molecule has 0 bridgehead atoms. The first-order valence-corrected chi connectivity index (χ1v) is 6.55. The number of hydrogen-bond acceptors (Lipinski definition) is 2. The van der Waals surface area contributed by atoms with Gasteiger partial charge in [0.15, 0.2) is 0 Å². The van der Waals surface area contributed by atoms with Crippen LogP contribution in [0.4, 0.5) is 10.1 Å². The van der Waals surface area contributed by atoms with E-state index in [1.54, 1.807) is 37.3 Å². The number of benzene rings is 2. The van der Waals surface area contributed by atoms with E-state index in [2.05, 4.69) is 5.32 Å². The minimum atomic E-state index is -1.11. The van der Waals surface area contributed by atoms with Gasteiger partial charge in [0, 0.05) is 5.57 Å². The Labute approximate surface area is 126 Å². The number of hydrogen-bond donors (Lipinski definition) is 2. The van der Waals surface area contributed by atoms with Crippen molar-refractivity contribution >= 4 is 23.6 Å². The highest BCUT2D eigenvalue weighted by Gasteiger charge is 2.12. The van der Waals surface area contributed by atoms with Crippen LogP contribution in [0, 0.1) is 5.82 Å². The summed E-state index contributed by atoms with van der Waals surface area (Å²) in [4.78, 5) is 23.2. The Hall–Kier alpha value is -2.95. The monoisotopic (exact) mass is 299 g/mol. The van der Waals surface area contributed by atoms with Crippen molar-refractivity contribution in [3.8, 4) is 0 Å². The molecule has 112 valence electrons. The lowest BCUT2D eigenvalue weighted by Crippen LogP contribution is -2.15. The molecule has 0 saturated heterocycles. The van der Waals surface area contributed by atoms with Gasteiger partial charge in [-0.2, -0.15) is 0 Å². The van der Waals surface area contributed by atoms with Crippen molar-refractivity contribution in [3.05, 3.63) is 71.0 Å². The molecule has 1 amide bonds. The molecule has 0 saturated carbocycles. The Morgan fingerprint density at radius 2 is 1.73 bits per heavy atom. The Morgan fingerprint density at radius 3 is 2.36 bits per heavy atom. The molecule has 0 radical (unpaired) electrons. The molecule has 2 N–H and O–H groups in total. The summed E-state index contributed by atoms with van der Waals surface area (Å²) in [6, 6.07) is 11.9. The van der Waals surface area contributed by atoms with Crippen LogP contribution in [-0.4, -0.2) is 17.0 Å². The highest BCUT2D eigenvalue weighted by molar-refractivity contribution is 6.09. The maximum atomic E-state index is 12.8. The predicted octanol–water partition coefficient (Wildman–Crippen LogP) is 3.57. The van der Waals surface area contributed by atoms with Crippen LogP contribution in [-0.2, 0) is 4.79 Å². The largest absolute Gasteiger partial charge is 0.478 e. The topological polar surface area (TPSA) is 66.4 Å². The van der Waals surface area contributed by atoms with Gasteiger partial charge in [-0.1, -0.05) is 24.3 Å². The second-order valence-electron chi connectivity index (χ2n) is 4.68. The molecule has 0 spiro atoms. The number of anilines is 1. The molecule has 0 aliphatic carbocycles. The van der Waals surface area contributed by atoms with Crippen LogP contribution in [0.25, 0.3) is 6.08 Å². The van der Waals surface area contributed by atoms with Gasteiger partial charge in [0.1, 0.15) is 5.82 Å². The second kappa shape index (κ2) is 6.67. The number of carboxylic acid groups (broad SMARTS) is 1. The van der Waals surface area contributed by atoms with Gasteiger partial charge in [0.05, 0.1) is 11.3 Å². The molecule has 0 aliphatic heterocycles. The van der Waals surface area contributed by atoms with Crippen LogP contribution in [0.1, 0.15) is 22.8 Å². The maximum absolute atomic E-state index is 12.8. The van der Waals surface area contributed by atoms with Gasteiger partial charge in [-0.3, -0.25) is 4.79 Å². The number of halogens is 1. The Kier molecular flexibility index (Phi) is 4.68. The van der Waals surface area contributed by atoms with Gasteiger partial charge in [0.25, 0.3) is 5.91 Å². The van der Waals surface area contributed by atoms with Crippen molar-refractivity contribution in [2.45, 2.75) is 6.92 Å². The number of para-hydroxylation sites is 1. The number of rotatable bonds is 4. The van der Waals surface area contributed by atoms with Crippen molar-refractivity contribution in [2.24, 2.45) is 0 Å². The molecule has 0 heterocycles. The average molecular weight is 299 g/mol. The standard InChI is InChI=1S/C17H14FNO3/c1-11(10-12-6-8-13(18)9-7-12)16(20)19-15-5-3-2-4-14(15)17(21)22/h2-10H,1H3,(H,19,20)(H,21,22). The van der Waals surface area contributed by atoms with Gasteiger partial charge in [0.2, 0.25) is 0 Å². The van der Waals surface area contributed by atoms with E-state index in [4.69, 9.17) is 5.11 Å². The van der Waals surface area contributed by atoms with E-state index in [0.717, 1.165) is 0 Å². The third-order valence-corrected chi connectivity index (χ3v) is 3.02. The first-order chi connectivity index (χ1) is 10.5. The van der Waals surface area contributed by atoms with Gasteiger partial charge in [-0.05, 0) is 42.8 Å². The minimum Gasteiger partial charge on any atom is -0.478 e. The SMILES string of the molecule is CC(=Cc1ccc(F)cc1)C(=O)Nc1ccccc1C(=O)O. The zero-order valence-electron chi connectivity index (χ0n) is 11.8. The summed E-state index contributed by atoms with van der Waals surface area (Å²) >= 11 is 0. The number of carboxylic acids is 1. The van der Waals surface area contributed by atoms with Crippen molar-refractivity contribution in [3.63, 3.8) is 0 Å². The van der Waals surface area contributed by atoms with E-state index in [0.29, 0.717) is 11.1 Å². The van der Waals surface area contributed by atoms with Gasteiger partial charge in [-0.25, -0.2) is 9.18 Å². The molecule has 4 nitrogen and oxygen atoms in total. The Balaban J connectivity index is 2.18. The fraction of sp³-hybridized carbons (Fsp3) is 0.0588. The van der Waals surface area contributed by atoms with Crippen molar-refractivity contribution in [1.29, 1.82) is 0 Å². The summed E-state index contributed by atoms with van der Waals surface area (Å²) in [7, 11) is 0. The Morgan fingerprint density at radius 1 is 1.09 bits per heavy atom. The molecule has 0 atom stereocenters. The number of aromatic carboxylic acids is 1. The summed E-state index contributed by atoms with van der Waals surface area (Å²) in [6.07, 6.45) is 1.60. The normalized spacial score (nSPS) is 11.1. The van der Waals surface area contributed by atoms with Crippen LogP contribution in [0.5, 0.6) is 0 Å². The van der Waals surface area contributed by atoms with E-state index in [9.17, 15) is 14.0 Å². The summed E-state index contributed by atoms with van der Waals surface area (Å²) in [5.41, 5.74) is 1.31. The number of carbonyl (C=O) groups excluding carboxylic acids is 1. The molecule has 0 aliphatic rings. The quantitative estimate of drug-likeness (QED) is 0.848. The lowest BCUT2D eigenvalue weighted by molar-refractivity contribution is -0.112. The molecule has 22 heavy (non-hydrogen) atoms. The minimum absolute atomic E-state index is 0.0189. The summed E-state index contributed by atoms with van der Waals surface area (Å²) < 4.78 is 12.8. The van der Waals surface area contributed by atoms with Gasteiger partial charge < -0.3 is 10.4 Å². The van der Waals surface area contributed by atoms with Crippen molar-refractivity contribution in [1.82, 2.24) is 0 Å². The molecular weight excluding hydrogens is 285 g/mol. The van der Waals surface area contributed by atoms with E-state index in [-0.39, 0.29) is 17.1 Å². The van der Waals surface area contributed by atoms with E-state index < -0.39 is 11.9 Å². The van der Waals surface area contributed by atoms with E-state index in [1.807, 2.05) is 0 Å². The zero-order chi connectivity index (χ0) is 16.1. The van der Waals surface area contributed by atoms with E-state index >= 15 is 0 Å². The third-order valence-electron chi connectivity index (χ3n) is 3.02. The van der Waals surface area contributed by atoms with E-state index in [1.165, 1.54) is 24.3 Å². The summed E-state index contributed by atoms with van der Waals surface area (Å²) in [6.45, 7) is 1.60. The molecule has 2 aromatic rings. The van der Waals surface area contributed by atoms with Crippen molar-refractivity contribution < 1.29 is 19.1 Å². The first-order valence-electron chi connectivity index (χ1n) is 6.55. The Bertz CT molecular complexity index is 736. The van der Waals surface area contributed by atoms with Crippen molar-refractivity contribution in [2.75, 3.05) is 5.32 Å². The predicted molar refractivity (Wildman–Crippen MR) is 82.1 cm³/mol.